The van der Waals surface area contributed by atoms with E-state index in [1.54, 1.807) is 0 Å². The summed E-state index contributed by atoms with van der Waals surface area (Å²) in [6, 6.07) is 18.3. The van der Waals surface area contributed by atoms with Crippen molar-refractivity contribution in [3.8, 4) is 0 Å². The highest BCUT2D eigenvalue weighted by molar-refractivity contribution is 9.10. The summed E-state index contributed by atoms with van der Waals surface area (Å²) in [4.78, 5) is 0. The summed E-state index contributed by atoms with van der Waals surface area (Å²) < 4.78 is 4.26. The smallest absolute Gasteiger partial charge is 0.0891 e. The summed E-state index contributed by atoms with van der Waals surface area (Å²) in [6.07, 6.45) is -0.550. The Hall–Kier alpha value is -1.53. The molecule has 1 heterocycles. The van der Waals surface area contributed by atoms with E-state index in [4.69, 9.17) is 11.6 Å². The molecule has 0 saturated carbocycles. The van der Waals surface area contributed by atoms with Crippen LogP contribution in [0.25, 0.3) is 21.8 Å². The van der Waals surface area contributed by atoms with Crippen LogP contribution in [-0.4, -0.2) is 22.3 Å². The second-order valence-electron chi connectivity index (χ2n) is 6.93. The van der Waals surface area contributed by atoms with Gasteiger partial charge in [0.05, 0.1) is 12.6 Å². The molecule has 0 aliphatic heterocycles. The van der Waals surface area contributed by atoms with E-state index >= 15 is 0 Å². The molecule has 0 aliphatic carbocycles. The molecule has 0 fully saturated rings. The highest BCUT2D eigenvalue weighted by atomic mass is 79.9. The number of aliphatic hydroxyl groups excluding tert-OH is 1. The van der Waals surface area contributed by atoms with E-state index in [1.807, 2.05) is 37.3 Å². The lowest BCUT2D eigenvalue weighted by Gasteiger charge is -2.16. The van der Waals surface area contributed by atoms with Crippen LogP contribution in [0.5, 0.6) is 0 Å². The quantitative estimate of drug-likeness (QED) is 0.304. The topological polar surface area (TPSA) is 37.2 Å². The van der Waals surface area contributed by atoms with E-state index in [1.165, 1.54) is 0 Å². The van der Waals surface area contributed by atoms with Crippen molar-refractivity contribution in [3.05, 3.63) is 74.1 Å². The van der Waals surface area contributed by atoms with Crippen molar-refractivity contribution in [1.29, 1.82) is 0 Å². The fraction of sp³-hybridized carbons (Fsp3) is 0.182. The summed E-state index contributed by atoms with van der Waals surface area (Å²) in [6.45, 7) is 2.91. The lowest BCUT2D eigenvalue weighted by molar-refractivity contribution is 0.169. The van der Waals surface area contributed by atoms with Crippen molar-refractivity contribution in [3.63, 3.8) is 0 Å². The van der Waals surface area contributed by atoms with Crippen molar-refractivity contribution >= 4 is 71.0 Å². The van der Waals surface area contributed by atoms with Gasteiger partial charge in [0, 0.05) is 48.0 Å². The van der Waals surface area contributed by atoms with Crippen LogP contribution in [0.15, 0.2) is 63.5 Å². The van der Waals surface area contributed by atoms with E-state index < -0.39 is 6.10 Å². The third-order valence-corrected chi connectivity index (χ3v) is 6.29. The Morgan fingerprint density at radius 3 is 2.14 bits per heavy atom. The van der Waals surface area contributed by atoms with Gasteiger partial charge >= 0.3 is 0 Å². The van der Waals surface area contributed by atoms with Gasteiger partial charge in [-0.05, 0) is 61.0 Å². The molecule has 144 valence electrons. The number of hydrogen-bond donors (Lipinski definition) is 2. The first-order valence-corrected chi connectivity index (χ1v) is 10.9. The number of nitrogens with one attached hydrogen (secondary N) is 1. The van der Waals surface area contributed by atoms with Gasteiger partial charge in [0.1, 0.15) is 0 Å². The summed E-state index contributed by atoms with van der Waals surface area (Å²) in [7, 11) is 0. The van der Waals surface area contributed by atoms with Gasteiger partial charge in [-0.25, -0.2) is 0 Å². The van der Waals surface area contributed by atoms with Crippen LogP contribution >= 0.6 is 43.5 Å². The van der Waals surface area contributed by atoms with Crippen molar-refractivity contribution in [2.75, 3.05) is 11.9 Å². The van der Waals surface area contributed by atoms with Crippen molar-refractivity contribution < 1.29 is 5.11 Å². The molecule has 0 radical (unpaired) electrons. The third kappa shape index (κ3) is 3.94. The van der Waals surface area contributed by atoms with E-state index in [-0.39, 0.29) is 0 Å². The summed E-state index contributed by atoms with van der Waals surface area (Å²) in [5, 5.41) is 17.0. The molecule has 6 heteroatoms. The van der Waals surface area contributed by atoms with Crippen molar-refractivity contribution in [2.45, 2.75) is 19.6 Å². The first-order chi connectivity index (χ1) is 13.4. The lowest BCUT2D eigenvalue weighted by Crippen LogP contribution is -2.24. The second kappa shape index (κ2) is 8.07. The molecule has 2 N–H and O–H groups in total. The zero-order valence-corrected chi connectivity index (χ0v) is 19.1. The molecule has 0 bridgehead atoms. The van der Waals surface area contributed by atoms with Crippen LogP contribution in [0.4, 0.5) is 5.69 Å². The lowest BCUT2D eigenvalue weighted by atomic mass is 10.2. The largest absolute Gasteiger partial charge is 0.389 e. The summed E-state index contributed by atoms with van der Waals surface area (Å²) in [5.74, 6) is 0. The molecule has 4 rings (SSSR count). The van der Waals surface area contributed by atoms with Crippen molar-refractivity contribution in [1.82, 2.24) is 4.57 Å². The number of aromatic nitrogens is 1. The number of halogens is 3. The fourth-order valence-electron chi connectivity index (χ4n) is 3.46. The maximum absolute atomic E-state index is 10.7. The molecular formula is C22H19Br2ClN2O. The Morgan fingerprint density at radius 2 is 1.57 bits per heavy atom. The SMILES string of the molecule is Cc1ccc(NCC(O)Cn2c3ccc(Br)cc3c3cc(Br)ccc32)cc1Cl. The Kier molecular flexibility index (Phi) is 5.70. The van der Waals surface area contributed by atoms with Crippen LogP contribution in [0.3, 0.4) is 0 Å². The first kappa shape index (κ1) is 19.8. The van der Waals surface area contributed by atoms with E-state index in [0.717, 1.165) is 47.0 Å². The number of aryl methyl sites for hydroxylation is 1. The minimum Gasteiger partial charge on any atom is -0.389 e. The number of fused-ring (bicyclic) bond motifs is 3. The highest BCUT2D eigenvalue weighted by Gasteiger charge is 2.14. The molecule has 3 aromatic carbocycles. The fourth-order valence-corrected chi connectivity index (χ4v) is 4.36. The van der Waals surface area contributed by atoms with Crippen LogP contribution in [0.2, 0.25) is 5.02 Å². The van der Waals surface area contributed by atoms with Gasteiger partial charge in [0.2, 0.25) is 0 Å². The monoisotopic (exact) mass is 520 g/mol. The summed E-state index contributed by atoms with van der Waals surface area (Å²) >= 11 is 13.3. The molecule has 1 aromatic heterocycles. The average Bonchev–Trinajstić information content (AvgIpc) is 2.95. The maximum Gasteiger partial charge on any atom is 0.0891 e. The average molecular weight is 523 g/mol. The molecule has 0 amide bonds. The Labute approximate surface area is 185 Å². The molecule has 0 aliphatic rings. The van der Waals surface area contributed by atoms with Gasteiger partial charge in [-0.1, -0.05) is 49.5 Å². The number of aliphatic hydroxyl groups is 1. The number of benzene rings is 3. The van der Waals surface area contributed by atoms with Crippen molar-refractivity contribution in [2.24, 2.45) is 0 Å². The van der Waals surface area contributed by atoms with Gasteiger partial charge in [-0.3, -0.25) is 0 Å². The highest BCUT2D eigenvalue weighted by Crippen LogP contribution is 2.33. The normalized spacial score (nSPS) is 12.6. The maximum atomic E-state index is 10.7. The Morgan fingerprint density at radius 1 is 0.964 bits per heavy atom. The molecule has 0 saturated heterocycles. The van der Waals surface area contributed by atoms with Crippen LogP contribution in [-0.2, 0) is 6.54 Å². The molecule has 4 aromatic rings. The molecule has 3 nitrogen and oxygen atoms in total. The van der Waals surface area contributed by atoms with E-state index in [0.29, 0.717) is 13.1 Å². The first-order valence-electron chi connectivity index (χ1n) is 8.97. The minimum absolute atomic E-state index is 0.438. The third-order valence-electron chi connectivity index (χ3n) is 4.90. The van der Waals surface area contributed by atoms with Gasteiger partial charge in [-0.2, -0.15) is 0 Å². The number of hydrogen-bond acceptors (Lipinski definition) is 2. The minimum atomic E-state index is -0.550. The van der Waals surface area contributed by atoms with E-state index in [2.05, 4.69) is 66.0 Å². The molecular weight excluding hydrogens is 504 g/mol. The zero-order chi connectivity index (χ0) is 19.8. The Balaban J connectivity index is 1.62. The second-order valence-corrected chi connectivity index (χ2v) is 9.17. The summed E-state index contributed by atoms with van der Waals surface area (Å²) in [5.41, 5.74) is 4.16. The van der Waals surface area contributed by atoms with Crippen LogP contribution < -0.4 is 5.32 Å². The van der Waals surface area contributed by atoms with Crippen LogP contribution in [0, 0.1) is 6.92 Å². The standard InChI is InChI=1S/C22H19Br2ClN2O/c1-13-2-5-16(10-20(13)25)26-11-17(28)12-27-21-6-3-14(23)8-18(21)19-9-15(24)4-7-22(19)27/h2-10,17,26,28H,11-12H2,1H3. The number of nitrogens with zero attached hydrogens (tertiary/aromatic N) is 1. The molecule has 1 unspecified atom stereocenters. The van der Waals surface area contributed by atoms with Gasteiger partial charge in [0.25, 0.3) is 0 Å². The van der Waals surface area contributed by atoms with Gasteiger partial charge < -0.3 is 15.0 Å². The van der Waals surface area contributed by atoms with Gasteiger partial charge in [0.15, 0.2) is 0 Å². The van der Waals surface area contributed by atoms with E-state index in [9.17, 15) is 5.11 Å². The number of rotatable bonds is 5. The predicted octanol–water partition coefficient (Wildman–Crippen LogP) is 6.75. The molecule has 1 atom stereocenters. The van der Waals surface area contributed by atoms with Gasteiger partial charge in [-0.15, -0.1) is 0 Å². The number of anilines is 1. The zero-order valence-electron chi connectivity index (χ0n) is 15.2. The predicted molar refractivity (Wildman–Crippen MR) is 126 cm³/mol. The molecule has 0 spiro atoms. The van der Waals surface area contributed by atoms with Crippen LogP contribution in [0.1, 0.15) is 5.56 Å². The Bertz CT molecular complexity index is 1110. The molecule has 28 heavy (non-hydrogen) atoms.